The molecule has 0 radical (unpaired) electrons. The quantitative estimate of drug-likeness (QED) is 0.220. The normalized spacial score (nSPS) is 29.9. The number of nitrogens with zero attached hydrogens (tertiary/aromatic N) is 1. The number of anilines is 1. The largest absolute Gasteiger partial charge is 0.494 e. The Morgan fingerprint density at radius 1 is 1.16 bits per heavy atom. The monoisotopic (exact) mass is 597 g/mol. The summed E-state index contributed by atoms with van der Waals surface area (Å²) in [7, 11) is 1.66. The Morgan fingerprint density at radius 2 is 1.84 bits per heavy atom. The van der Waals surface area contributed by atoms with Crippen molar-refractivity contribution >= 4 is 17.7 Å². The van der Waals surface area contributed by atoms with Crippen LogP contribution in [0.15, 0.2) is 48.0 Å². The lowest BCUT2D eigenvalue weighted by Crippen LogP contribution is -2.56. The fourth-order valence-electron chi connectivity index (χ4n) is 6.50. The highest BCUT2D eigenvalue weighted by Gasteiger charge is 2.72. The average Bonchev–Trinajstić information content (AvgIpc) is 3.86. The van der Waals surface area contributed by atoms with E-state index in [0.29, 0.717) is 31.7 Å². The molecule has 1 saturated carbocycles. The average molecular weight is 598 g/mol. The lowest BCUT2D eigenvalue weighted by atomic mass is 9.68. The van der Waals surface area contributed by atoms with Gasteiger partial charge in [0.05, 0.1) is 18.6 Å². The van der Waals surface area contributed by atoms with E-state index in [9.17, 15) is 19.8 Å². The summed E-state index contributed by atoms with van der Waals surface area (Å²) in [6.45, 7) is 8.91. The second-order valence-electron chi connectivity index (χ2n) is 12.3. The van der Waals surface area contributed by atoms with Gasteiger partial charge in [-0.05, 0) is 71.1 Å². The van der Waals surface area contributed by atoms with E-state index >= 15 is 0 Å². The maximum Gasteiger partial charge on any atom is 0.407 e. The third-order valence-electron chi connectivity index (χ3n) is 9.04. The van der Waals surface area contributed by atoms with Gasteiger partial charge < -0.3 is 39.8 Å². The first kappa shape index (κ1) is 30.9. The molecule has 1 aromatic carbocycles. The molecule has 0 bridgehead atoms. The van der Waals surface area contributed by atoms with E-state index in [-0.39, 0.29) is 41.4 Å². The summed E-state index contributed by atoms with van der Waals surface area (Å²) in [6, 6.07) is 9.09. The summed E-state index contributed by atoms with van der Waals surface area (Å²) in [5.74, 6) is -0.811. The molecule has 2 aromatic rings. The fourth-order valence-corrected chi connectivity index (χ4v) is 6.50. The predicted octanol–water partition coefficient (Wildman–Crippen LogP) is 4.44. The van der Waals surface area contributed by atoms with Gasteiger partial charge in [-0.15, -0.1) is 0 Å². The van der Waals surface area contributed by atoms with E-state index in [1.165, 1.54) is 17.7 Å². The van der Waals surface area contributed by atoms with Crippen molar-refractivity contribution in [2.45, 2.75) is 88.9 Å². The number of hydrogen-bond donors (Lipinski definition) is 4. The molecular weight excluding hydrogens is 554 g/mol. The number of carbonyl (C=O) groups is 2. The van der Waals surface area contributed by atoms with Gasteiger partial charge in [0.15, 0.2) is 11.8 Å². The van der Waals surface area contributed by atoms with E-state index in [4.69, 9.17) is 18.9 Å². The maximum atomic E-state index is 12.8. The summed E-state index contributed by atoms with van der Waals surface area (Å²) in [6.07, 6.45) is 3.90. The lowest BCUT2D eigenvalue weighted by molar-refractivity contribution is -0.119. The number of epoxide rings is 2. The molecule has 2 aliphatic heterocycles. The van der Waals surface area contributed by atoms with Gasteiger partial charge in [0, 0.05) is 31.5 Å². The molecule has 11 nitrogen and oxygen atoms in total. The number of hydrogen-bond acceptors (Lipinski definition) is 8. The number of aromatic nitrogens is 1. The van der Waals surface area contributed by atoms with Crippen LogP contribution in [0, 0.1) is 5.92 Å². The first-order chi connectivity index (χ1) is 20.5. The van der Waals surface area contributed by atoms with Crippen molar-refractivity contribution in [2.24, 2.45) is 5.92 Å². The maximum absolute atomic E-state index is 12.8. The van der Waals surface area contributed by atoms with Crippen LogP contribution in [0.5, 0.6) is 11.8 Å². The zero-order valence-electron chi connectivity index (χ0n) is 25.5. The fraction of sp³-hybridized carbons (Fsp3) is 0.562. The first-order valence-electron chi connectivity index (χ1n) is 14.9. The van der Waals surface area contributed by atoms with Crippen molar-refractivity contribution in [1.82, 2.24) is 9.88 Å². The number of allylic oxidation sites excluding steroid dienone is 1. The molecule has 234 valence electrons. The summed E-state index contributed by atoms with van der Waals surface area (Å²) >= 11 is 0. The SMILES string of the molecule is CO[C@@H]1[C@H](OC(=O)NCCc2ccc(NC(=O)[C@H](C)n3c(O)ccc3O)cc2)CC[C@]2(CO2)[C@H]1[C@@]1(C)O[C@@H]1CC=C(C)C. The minimum Gasteiger partial charge on any atom is -0.494 e. The standard InChI is InChI=1S/C32H43N3O8/c1-19(2)6-11-24-31(4,43-24)28-27(40-5)23(14-16-32(28)18-41-32)42-30(39)33-17-15-21-7-9-22(10-8-21)34-29(38)20(3)35-25(36)12-13-26(35)37/h6-10,12-13,20,23-24,27-28,36-37H,11,14-18H2,1-5H3,(H,33,39)(H,34,38)/t20-,23+,24+,27+,28+,31-,32-/m0/s1. The zero-order valence-corrected chi connectivity index (χ0v) is 25.5. The van der Waals surface area contributed by atoms with Crippen LogP contribution in [0.25, 0.3) is 0 Å². The molecule has 3 aliphatic rings. The Balaban J connectivity index is 1.10. The topological polar surface area (TPSA) is 147 Å². The number of carbonyl (C=O) groups excluding carboxylic acids is 2. The van der Waals surface area contributed by atoms with E-state index in [0.717, 1.165) is 23.0 Å². The molecule has 43 heavy (non-hydrogen) atoms. The number of alkyl carbamates (subject to hydrolysis) is 1. The van der Waals surface area contributed by atoms with E-state index in [2.05, 4.69) is 37.5 Å². The molecule has 11 heteroatoms. The number of nitrogens with one attached hydrogen (secondary N) is 2. The highest BCUT2D eigenvalue weighted by Crippen LogP contribution is 2.59. The van der Waals surface area contributed by atoms with Crippen LogP contribution in [0.2, 0.25) is 0 Å². The van der Waals surface area contributed by atoms with Gasteiger partial charge in [0.2, 0.25) is 5.91 Å². The van der Waals surface area contributed by atoms with Crippen molar-refractivity contribution in [2.75, 3.05) is 25.6 Å². The predicted molar refractivity (Wildman–Crippen MR) is 159 cm³/mol. The van der Waals surface area contributed by atoms with Gasteiger partial charge in [-0.1, -0.05) is 23.8 Å². The van der Waals surface area contributed by atoms with Gasteiger partial charge in [0.25, 0.3) is 0 Å². The molecule has 1 aliphatic carbocycles. The molecule has 3 heterocycles. The number of amides is 2. The van der Waals surface area contributed by atoms with Gasteiger partial charge in [-0.2, -0.15) is 0 Å². The summed E-state index contributed by atoms with van der Waals surface area (Å²) in [5.41, 5.74) is 2.13. The molecule has 5 rings (SSSR count). The number of ether oxygens (including phenoxy) is 4. The van der Waals surface area contributed by atoms with E-state index in [1.807, 2.05) is 12.1 Å². The summed E-state index contributed by atoms with van der Waals surface area (Å²) in [4.78, 5) is 25.4. The smallest absolute Gasteiger partial charge is 0.407 e. The van der Waals surface area contributed by atoms with E-state index < -0.39 is 23.8 Å². The zero-order chi connectivity index (χ0) is 30.9. The Hall–Kier alpha value is -3.54. The first-order valence-corrected chi connectivity index (χ1v) is 14.9. The van der Waals surface area contributed by atoms with Crippen LogP contribution >= 0.6 is 0 Å². The Bertz CT molecular complexity index is 1330. The van der Waals surface area contributed by atoms with Crippen LogP contribution in [0.4, 0.5) is 10.5 Å². The Morgan fingerprint density at radius 3 is 2.44 bits per heavy atom. The Labute approximate surface area is 252 Å². The van der Waals surface area contributed by atoms with Crippen molar-refractivity contribution < 1.29 is 38.7 Å². The molecule has 4 N–H and O–H groups in total. The minimum atomic E-state index is -0.812. The van der Waals surface area contributed by atoms with Crippen molar-refractivity contribution in [3.05, 3.63) is 53.6 Å². The highest BCUT2D eigenvalue weighted by atomic mass is 16.6. The second kappa shape index (κ2) is 12.2. The van der Waals surface area contributed by atoms with Gasteiger partial charge in [0.1, 0.15) is 29.5 Å². The summed E-state index contributed by atoms with van der Waals surface area (Å²) in [5, 5.41) is 25.4. The van der Waals surface area contributed by atoms with Crippen molar-refractivity contribution in [3.63, 3.8) is 0 Å². The number of rotatable bonds is 11. The molecule has 3 fully saturated rings. The number of methoxy groups -OCH3 is 1. The second-order valence-corrected chi connectivity index (χ2v) is 12.3. The molecule has 7 atom stereocenters. The molecule has 1 spiro atoms. The third kappa shape index (κ3) is 6.53. The number of benzene rings is 1. The summed E-state index contributed by atoms with van der Waals surface area (Å²) < 4.78 is 25.2. The third-order valence-corrected chi connectivity index (χ3v) is 9.04. The number of aromatic hydroxyl groups is 2. The molecule has 2 saturated heterocycles. The van der Waals surface area contributed by atoms with Crippen LogP contribution in [0.3, 0.4) is 0 Å². The van der Waals surface area contributed by atoms with Gasteiger partial charge >= 0.3 is 6.09 Å². The van der Waals surface area contributed by atoms with Gasteiger partial charge in [-0.25, -0.2) is 4.79 Å². The minimum absolute atomic E-state index is 0.0335. The van der Waals surface area contributed by atoms with Crippen LogP contribution in [-0.4, -0.2) is 76.6 Å². The Kier molecular flexibility index (Phi) is 8.78. The van der Waals surface area contributed by atoms with E-state index in [1.54, 1.807) is 26.2 Å². The lowest BCUT2D eigenvalue weighted by Gasteiger charge is -2.42. The molecule has 0 unspecified atom stereocenters. The molecule has 2 amide bonds. The highest BCUT2D eigenvalue weighted by molar-refractivity contribution is 5.93. The van der Waals surface area contributed by atoms with Crippen LogP contribution in [-0.2, 0) is 30.2 Å². The van der Waals surface area contributed by atoms with Crippen molar-refractivity contribution in [1.29, 1.82) is 0 Å². The van der Waals surface area contributed by atoms with Crippen LogP contribution < -0.4 is 10.6 Å². The molecular formula is C32H43N3O8. The van der Waals surface area contributed by atoms with Crippen molar-refractivity contribution in [3.8, 4) is 11.8 Å². The van der Waals surface area contributed by atoms with Crippen LogP contribution in [0.1, 0.15) is 58.6 Å². The molecule has 1 aromatic heterocycles. The van der Waals surface area contributed by atoms with Gasteiger partial charge in [-0.3, -0.25) is 9.36 Å².